The lowest BCUT2D eigenvalue weighted by atomic mass is 9.47. The second kappa shape index (κ2) is 12.4. The Kier molecular flexibility index (Phi) is 8.96. The predicted molar refractivity (Wildman–Crippen MR) is 186 cm³/mol. The van der Waals surface area contributed by atoms with Crippen LogP contribution >= 0.6 is 0 Å². The fraction of sp³-hybridized carbons (Fsp3) is 0.417. The number of amides is 3. The maximum atomic E-state index is 14.6. The summed E-state index contributed by atoms with van der Waals surface area (Å²) in [5.41, 5.74) is 12.6. The zero-order valence-corrected chi connectivity index (χ0v) is 29.3. The van der Waals surface area contributed by atoms with Crippen molar-refractivity contribution in [1.82, 2.24) is 15.5 Å². The number of likely N-dealkylation sites (N-methyl/N-ethyl adjacent to an activating group) is 1. The number of carbonyl (C=O) groups is 4. The Bertz CT molecular complexity index is 1990. The van der Waals surface area contributed by atoms with E-state index in [9.17, 15) is 39.8 Å². The zero-order valence-electron chi connectivity index (χ0n) is 29.3. The number of fused-ring (bicyclic) bond motifs is 3. The van der Waals surface area contributed by atoms with Crippen LogP contribution in [-0.2, 0) is 27.3 Å². The van der Waals surface area contributed by atoms with Crippen LogP contribution in [0.5, 0.6) is 11.5 Å². The normalized spacial score (nSPS) is 25.8. The molecule has 0 saturated heterocycles. The van der Waals surface area contributed by atoms with Crippen LogP contribution in [0, 0.1) is 16.7 Å². The van der Waals surface area contributed by atoms with Crippen molar-refractivity contribution >= 4 is 29.3 Å². The number of rotatable bonds is 7. The number of hydrogen-bond donors (Lipinski definition) is 8. The number of nitrogens with zero attached hydrogens (tertiary/aromatic N) is 2. The summed E-state index contributed by atoms with van der Waals surface area (Å²) in [6.45, 7) is 7.82. The van der Waals surface area contributed by atoms with Crippen LogP contribution in [0.4, 0.5) is 4.79 Å². The summed E-state index contributed by atoms with van der Waals surface area (Å²) in [6, 6.07) is 8.04. The molecule has 2 aromatic carbocycles. The van der Waals surface area contributed by atoms with Crippen LogP contribution in [0.2, 0.25) is 0 Å². The molecule has 4 atom stereocenters. The average Bonchev–Trinajstić information content (AvgIpc) is 2.99. The van der Waals surface area contributed by atoms with E-state index in [1.54, 1.807) is 30.3 Å². The summed E-state index contributed by atoms with van der Waals surface area (Å²) in [6.07, 6.45) is -0.715. The lowest BCUT2D eigenvalue weighted by molar-refractivity contribution is -0.139. The van der Waals surface area contributed by atoms with Gasteiger partial charge in [-0.1, -0.05) is 12.1 Å². The first kappa shape index (κ1) is 36.8. The first-order valence-electron chi connectivity index (χ1n) is 16.3. The van der Waals surface area contributed by atoms with Crippen molar-refractivity contribution in [2.45, 2.75) is 69.7 Å². The summed E-state index contributed by atoms with van der Waals surface area (Å²) in [5, 5.41) is 50.6. The molecule has 0 aliphatic heterocycles. The minimum atomic E-state index is -2.76. The molecule has 1 fully saturated rings. The van der Waals surface area contributed by atoms with Gasteiger partial charge in [0.15, 0.2) is 17.0 Å². The van der Waals surface area contributed by atoms with Crippen LogP contribution < -0.4 is 32.6 Å². The molecule has 3 aliphatic carbocycles. The number of urea groups is 1. The third-order valence-electron chi connectivity index (χ3n) is 9.73. The Morgan fingerprint density at radius 1 is 1.12 bits per heavy atom. The highest BCUT2D eigenvalue weighted by molar-refractivity contribution is 6.25. The van der Waals surface area contributed by atoms with Gasteiger partial charge in [-0.25, -0.2) is 4.79 Å². The molecule has 0 heterocycles. The van der Waals surface area contributed by atoms with E-state index in [-0.39, 0.29) is 18.5 Å². The number of ether oxygens (including phenoxy) is 1. The highest BCUT2D eigenvalue weighted by Crippen LogP contribution is 2.58. The predicted octanol–water partition coefficient (Wildman–Crippen LogP) is 1.57. The number of benzene rings is 2. The van der Waals surface area contributed by atoms with E-state index in [0.29, 0.717) is 34.6 Å². The molecule has 3 aliphatic rings. The van der Waals surface area contributed by atoms with Gasteiger partial charge in [0.05, 0.1) is 40.9 Å². The van der Waals surface area contributed by atoms with Crippen molar-refractivity contribution in [2.24, 2.45) is 22.6 Å². The molecule has 1 saturated carbocycles. The highest BCUT2D eigenvalue weighted by Gasteiger charge is 2.74. The second-order valence-electron chi connectivity index (χ2n) is 14.6. The molecule has 0 spiro atoms. The molecule has 3 amide bonds. The number of phenolic OH excluding ortho intramolecular Hbond substituents is 1. The van der Waals surface area contributed by atoms with E-state index in [0.717, 1.165) is 0 Å². The summed E-state index contributed by atoms with van der Waals surface area (Å²) in [7, 11) is 2.91. The number of aliphatic hydroxyl groups excluding tert-OH is 2. The molecular formula is C36H43N7O8. The molecule has 15 heteroatoms. The number of phenols is 1. The minimum Gasteiger partial charge on any atom is -0.509 e. The summed E-state index contributed by atoms with van der Waals surface area (Å²) in [5.74, 6) is -5.45. The molecule has 15 nitrogen and oxygen atoms in total. The van der Waals surface area contributed by atoms with Crippen molar-refractivity contribution in [1.29, 1.82) is 5.26 Å². The first-order valence-corrected chi connectivity index (χ1v) is 16.3. The molecule has 0 radical (unpaired) electrons. The van der Waals surface area contributed by atoms with Gasteiger partial charge in [-0.05, 0) is 89.5 Å². The third kappa shape index (κ3) is 5.56. The Morgan fingerprint density at radius 3 is 2.35 bits per heavy atom. The monoisotopic (exact) mass is 701 g/mol. The molecule has 0 aromatic heterocycles. The van der Waals surface area contributed by atoms with Gasteiger partial charge in [-0.3, -0.25) is 19.3 Å². The van der Waals surface area contributed by atoms with E-state index in [4.69, 9.17) is 21.9 Å². The molecule has 51 heavy (non-hydrogen) atoms. The standard InChI is InChI=1S/C36H43N7O8/c1-7-51-22-11-8-17(12-18(22)14-41-32(50)42-33(2,3)4)19-9-10-21(44)23-20(19)13-34(39)15-36(40)28(43(5)6)27(46)24(31(38)49)29(47)35(36,16-37)30(48)25(34)26(23)45/h8-12,28,44-45,47H,7,13-15,39-40H2,1-6H3,(H2,38,49)(H2,41,42,50)/t28-,34-,35+,36-/m1/s1. The minimum absolute atomic E-state index is 0.0895. The van der Waals surface area contributed by atoms with Gasteiger partial charge in [0.25, 0.3) is 5.91 Å². The number of nitrogens with two attached hydrogens (primary N) is 3. The van der Waals surface area contributed by atoms with Crippen LogP contribution in [0.3, 0.4) is 0 Å². The van der Waals surface area contributed by atoms with Gasteiger partial charge in [0.1, 0.15) is 28.6 Å². The number of primary amides is 1. The van der Waals surface area contributed by atoms with Crippen LogP contribution in [0.25, 0.3) is 16.9 Å². The van der Waals surface area contributed by atoms with Gasteiger partial charge >= 0.3 is 6.03 Å². The fourth-order valence-electron chi connectivity index (χ4n) is 7.84. The van der Waals surface area contributed by atoms with Crippen molar-refractivity contribution in [3.8, 4) is 28.7 Å². The van der Waals surface area contributed by atoms with Crippen molar-refractivity contribution < 1.29 is 39.2 Å². The maximum Gasteiger partial charge on any atom is 0.315 e. The Balaban J connectivity index is 1.71. The highest BCUT2D eigenvalue weighted by atomic mass is 16.5. The maximum absolute atomic E-state index is 14.6. The molecule has 0 bridgehead atoms. The van der Waals surface area contributed by atoms with Gasteiger partial charge in [0, 0.05) is 17.6 Å². The lowest BCUT2D eigenvalue weighted by Crippen LogP contribution is -2.80. The topological polar surface area (TPSA) is 267 Å². The summed E-state index contributed by atoms with van der Waals surface area (Å²) < 4.78 is 5.82. The Labute approximate surface area is 294 Å². The third-order valence-corrected chi connectivity index (χ3v) is 9.73. The van der Waals surface area contributed by atoms with Gasteiger partial charge in [0.2, 0.25) is 0 Å². The van der Waals surface area contributed by atoms with Crippen LogP contribution in [0.15, 0.2) is 47.2 Å². The quantitative estimate of drug-likeness (QED) is 0.191. The fourth-order valence-corrected chi connectivity index (χ4v) is 7.84. The number of Topliss-reactive ketones (excluding diaryl/α,β-unsaturated/α-hetero) is 2. The molecule has 11 N–H and O–H groups in total. The van der Waals surface area contributed by atoms with E-state index < -0.39 is 86.4 Å². The molecule has 270 valence electrons. The Hall–Kier alpha value is -5.43. The number of aromatic hydroxyl groups is 1. The van der Waals surface area contributed by atoms with E-state index in [2.05, 4.69) is 10.6 Å². The molecular weight excluding hydrogens is 658 g/mol. The number of nitrogens with one attached hydrogen (secondary N) is 2. The number of aliphatic hydroxyl groups is 2. The van der Waals surface area contributed by atoms with Crippen molar-refractivity contribution in [3.63, 3.8) is 0 Å². The SMILES string of the molecule is CCOc1ccc(-c2ccc(O)c3c2C[C@@]2(N)C[C@@]4(N)[C@H](N(C)C)C(=O)C(C(N)=O)=C(O)[C@@]4(C#N)C(=O)C2=C3O)cc1CNC(=O)NC(C)(C)C. The van der Waals surface area contributed by atoms with E-state index in [1.807, 2.05) is 27.7 Å². The summed E-state index contributed by atoms with van der Waals surface area (Å²) >= 11 is 0. The lowest BCUT2D eigenvalue weighted by Gasteiger charge is -2.58. The van der Waals surface area contributed by atoms with Gasteiger partial charge in [-0.15, -0.1) is 0 Å². The van der Waals surface area contributed by atoms with E-state index in [1.165, 1.54) is 25.1 Å². The number of ketones is 2. The number of nitriles is 1. The van der Waals surface area contributed by atoms with Gasteiger partial charge < -0.3 is 47.9 Å². The van der Waals surface area contributed by atoms with Crippen molar-refractivity contribution in [3.05, 3.63) is 63.9 Å². The van der Waals surface area contributed by atoms with Crippen LogP contribution in [0.1, 0.15) is 50.8 Å². The average molecular weight is 702 g/mol. The Morgan fingerprint density at radius 2 is 1.78 bits per heavy atom. The smallest absolute Gasteiger partial charge is 0.315 e. The zero-order chi connectivity index (χ0) is 38.0. The first-order chi connectivity index (χ1) is 23.7. The van der Waals surface area contributed by atoms with Crippen molar-refractivity contribution in [2.75, 3.05) is 20.7 Å². The summed E-state index contributed by atoms with van der Waals surface area (Å²) in [4.78, 5) is 54.7. The number of hydrogen-bond acceptors (Lipinski definition) is 12. The number of carbonyl (C=O) groups excluding carboxylic acids is 4. The molecule has 2 aromatic rings. The molecule has 5 rings (SSSR count). The second-order valence-corrected chi connectivity index (χ2v) is 14.6. The largest absolute Gasteiger partial charge is 0.509 e. The molecule has 0 unspecified atom stereocenters. The van der Waals surface area contributed by atoms with Gasteiger partial charge in [-0.2, -0.15) is 5.26 Å². The van der Waals surface area contributed by atoms with Crippen LogP contribution in [-0.4, -0.2) is 87.1 Å². The van der Waals surface area contributed by atoms with E-state index >= 15 is 0 Å².